The molecule has 2 aromatic rings. The number of hydrogen-bond acceptors (Lipinski definition) is 5. The van der Waals surface area contributed by atoms with Crippen LogP contribution in [0.15, 0.2) is 53.7 Å². The molecule has 0 unspecified atom stereocenters. The van der Waals surface area contributed by atoms with Gasteiger partial charge in [0.1, 0.15) is 6.61 Å². The maximum Gasteiger partial charge on any atom is 0.236 e. The van der Waals surface area contributed by atoms with E-state index in [-0.39, 0.29) is 37.2 Å². The van der Waals surface area contributed by atoms with Gasteiger partial charge in [0.05, 0.1) is 18.7 Å². The zero-order chi connectivity index (χ0) is 21.3. The zero-order valence-electron chi connectivity index (χ0n) is 16.1. The Morgan fingerprint density at radius 1 is 1.14 bits per heavy atom. The van der Waals surface area contributed by atoms with Crippen LogP contribution in [0.5, 0.6) is 0 Å². The Bertz CT molecular complexity index is 958. The first-order chi connectivity index (χ1) is 13.7. The van der Waals surface area contributed by atoms with Crippen molar-refractivity contribution in [1.82, 2.24) is 5.32 Å². The van der Waals surface area contributed by atoms with Crippen molar-refractivity contribution in [1.29, 1.82) is 0 Å². The van der Waals surface area contributed by atoms with Crippen LogP contribution < -0.4 is 21.5 Å². The van der Waals surface area contributed by atoms with Gasteiger partial charge in [-0.1, -0.05) is 36.4 Å². The van der Waals surface area contributed by atoms with Crippen molar-refractivity contribution in [3.8, 4) is 0 Å². The number of sulfonamides is 1. The summed E-state index contributed by atoms with van der Waals surface area (Å²) in [4.78, 5) is 16.9. The van der Waals surface area contributed by atoms with Gasteiger partial charge in [0.15, 0.2) is 0 Å². The fraction of sp³-hybridized carbons (Fsp3) is 0.263. The van der Waals surface area contributed by atoms with Gasteiger partial charge in [-0.05, 0) is 40.9 Å². The second kappa shape index (κ2) is 10.3. The average Bonchev–Trinajstić information content (AvgIpc) is 2.64. The molecule has 0 fully saturated rings. The number of nitrogens with one attached hydrogen (secondary N) is 2. The Labute approximate surface area is 170 Å². The van der Waals surface area contributed by atoms with Crippen LogP contribution in [0.25, 0.3) is 0 Å². The molecule has 2 rings (SSSR count). The van der Waals surface area contributed by atoms with E-state index >= 15 is 0 Å². The molecule has 156 valence electrons. The summed E-state index contributed by atoms with van der Waals surface area (Å²) >= 11 is 0. The molecule has 10 heteroatoms. The molecule has 0 bridgehead atoms. The third-order valence-electron chi connectivity index (χ3n) is 3.86. The summed E-state index contributed by atoms with van der Waals surface area (Å²) in [5.41, 5.74) is 12.9. The first-order valence-electron chi connectivity index (χ1n) is 8.87. The van der Waals surface area contributed by atoms with E-state index in [9.17, 15) is 13.2 Å². The molecule has 0 spiro atoms. The van der Waals surface area contributed by atoms with Gasteiger partial charge < -0.3 is 21.6 Å². The Morgan fingerprint density at radius 2 is 1.86 bits per heavy atom. The Morgan fingerprint density at radius 3 is 2.55 bits per heavy atom. The van der Waals surface area contributed by atoms with E-state index in [1.165, 1.54) is 0 Å². The number of benzene rings is 2. The molecule has 0 aromatic heterocycles. The number of amides is 1. The van der Waals surface area contributed by atoms with Crippen molar-refractivity contribution >= 4 is 27.6 Å². The lowest BCUT2D eigenvalue weighted by Gasteiger charge is -2.12. The van der Waals surface area contributed by atoms with Crippen molar-refractivity contribution in [2.75, 3.05) is 17.9 Å². The lowest BCUT2D eigenvalue weighted by molar-refractivity contribution is -0.120. The number of hydrogen-bond donors (Lipinski definition) is 4. The van der Waals surface area contributed by atoms with Gasteiger partial charge in [-0.3, -0.25) is 9.52 Å². The molecule has 0 heterocycles. The van der Waals surface area contributed by atoms with Crippen molar-refractivity contribution in [2.24, 2.45) is 16.6 Å². The van der Waals surface area contributed by atoms with Gasteiger partial charge >= 0.3 is 0 Å². The van der Waals surface area contributed by atoms with E-state index in [2.05, 4.69) is 15.2 Å². The normalized spacial score (nSPS) is 10.8. The summed E-state index contributed by atoms with van der Waals surface area (Å²) in [5, 5.41) is 6.03. The van der Waals surface area contributed by atoms with E-state index in [0.29, 0.717) is 16.8 Å². The number of carbonyl (C=O) groups excluding carboxylic acids is 1. The van der Waals surface area contributed by atoms with Crippen LogP contribution in [0.3, 0.4) is 0 Å². The molecule has 0 radical (unpaired) electrons. The minimum Gasteiger partial charge on any atom is -0.391 e. The molecule has 2 aromatic carbocycles. The summed E-state index contributed by atoms with van der Waals surface area (Å²) in [6.07, 6.45) is 0.0996. The van der Waals surface area contributed by atoms with E-state index in [1.807, 2.05) is 13.0 Å². The number of aryl methyl sites for hydroxylation is 1. The topological polar surface area (TPSA) is 149 Å². The van der Waals surface area contributed by atoms with Gasteiger partial charge in [-0.15, -0.1) is 0 Å². The highest BCUT2D eigenvalue weighted by molar-refractivity contribution is 7.91. The van der Waals surface area contributed by atoms with Gasteiger partial charge in [0.2, 0.25) is 21.9 Å². The van der Waals surface area contributed by atoms with Gasteiger partial charge in [-0.25, -0.2) is 8.42 Å². The molecule has 0 atom stereocenters. The molecule has 29 heavy (non-hydrogen) atoms. The molecule has 0 aliphatic heterocycles. The molecule has 0 aliphatic carbocycles. The van der Waals surface area contributed by atoms with Crippen LogP contribution in [0.4, 0.5) is 5.69 Å². The summed E-state index contributed by atoms with van der Waals surface area (Å²) in [7, 11) is -3.57. The third kappa shape index (κ3) is 8.09. The Hall–Kier alpha value is -3.27. The van der Waals surface area contributed by atoms with Crippen LogP contribution in [0.1, 0.15) is 16.7 Å². The van der Waals surface area contributed by atoms with Crippen molar-refractivity contribution in [3.05, 3.63) is 65.2 Å². The first kappa shape index (κ1) is 22.0. The smallest absolute Gasteiger partial charge is 0.236 e. The van der Waals surface area contributed by atoms with Crippen LogP contribution in [-0.2, 0) is 31.8 Å². The summed E-state index contributed by atoms with van der Waals surface area (Å²) in [5.74, 6) is -0.558. The van der Waals surface area contributed by atoms with Gasteiger partial charge in [0, 0.05) is 5.69 Å². The molecular weight excluding hydrogens is 394 g/mol. The molecule has 6 N–H and O–H groups in total. The number of anilines is 1. The van der Waals surface area contributed by atoms with E-state index in [0.717, 1.165) is 5.56 Å². The van der Waals surface area contributed by atoms with E-state index < -0.39 is 10.0 Å². The standard InChI is InChI=1S/C19H25N5O4S/c1-14-7-8-17(24-29(26,27)13-15-5-3-2-4-6-15)11-16(14)12-18(25)22-9-10-28-23-19(20)21/h2-8,11,24H,9-10,12-13H2,1H3,(H,22,25)(H4,20,21,23). The second-order valence-corrected chi connectivity index (χ2v) is 8.09. The zero-order valence-corrected chi connectivity index (χ0v) is 16.9. The Balaban J connectivity index is 1.95. The largest absolute Gasteiger partial charge is 0.391 e. The number of nitrogens with zero attached hydrogens (tertiary/aromatic N) is 1. The summed E-state index contributed by atoms with van der Waals surface area (Å²) in [6, 6.07) is 14.0. The maximum atomic E-state index is 12.4. The fourth-order valence-corrected chi connectivity index (χ4v) is 3.72. The van der Waals surface area contributed by atoms with E-state index in [1.54, 1.807) is 42.5 Å². The highest BCUT2D eigenvalue weighted by Crippen LogP contribution is 2.18. The number of guanidine groups is 1. The van der Waals surface area contributed by atoms with E-state index in [4.69, 9.17) is 16.3 Å². The molecule has 0 saturated carbocycles. The second-order valence-electron chi connectivity index (χ2n) is 6.36. The highest BCUT2D eigenvalue weighted by atomic mass is 32.2. The predicted octanol–water partition coefficient (Wildman–Crippen LogP) is 0.801. The quantitative estimate of drug-likeness (QED) is 0.194. The van der Waals surface area contributed by atoms with Crippen LogP contribution in [0, 0.1) is 6.92 Å². The molecule has 1 amide bonds. The molecule has 9 nitrogen and oxygen atoms in total. The van der Waals surface area contributed by atoms with Gasteiger partial charge in [0.25, 0.3) is 0 Å². The van der Waals surface area contributed by atoms with Crippen molar-refractivity contribution in [2.45, 2.75) is 19.1 Å². The lowest BCUT2D eigenvalue weighted by atomic mass is 10.0. The van der Waals surface area contributed by atoms with Gasteiger partial charge in [-0.2, -0.15) is 0 Å². The molecular formula is C19H25N5O4S. The highest BCUT2D eigenvalue weighted by Gasteiger charge is 2.13. The maximum absolute atomic E-state index is 12.4. The number of carbonyl (C=O) groups is 1. The Kier molecular flexibility index (Phi) is 7.84. The number of nitrogens with two attached hydrogens (primary N) is 2. The monoisotopic (exact) mass is 419 g/mol. The SMILES string of the molecule is Cc1ccc(NS(=O)(=O)Cc2ccccc2)cc1CC(=O)NCCON=C(N)N. The number of rotatable bonds is 10. The minimum absolute atomic E-state index is 0.0996. The number of oxime groups is 1. The summed E-state index contributed by atoms with van der Waals surface area (Å²) < 4.78 is 27.4. The minimum atomic E-state index is -3.57. The van der Waals surface area contributed by atoms with Crippen LogP contribution in [0.2, 0.25) is 0 Å². The molecule has 0 saturated heterocycles. The van der Waals surface area contributed by atoms with Crippen LogP contribution >= 0.6 is 0 Å². The van der Waals surface area contributed by atoms with Crippen molar-refractivity contribution < 1.29 is 18.0 Å². The average molecular weight is 420 g/mol. The van der Waals surface area contributed by atoms with Crippen molar-refractivity contribution in [3.63, 3.8) is 0 Å². The predicted molar refractivity (Wildman–Crippen MR) is 112 cm³/mol. The summed E-state index contributed by atoms with van der Waals surface area (Å²) in [6.45, 7) is 2.21. The lowest BCUT2D eigenvalue weighted by Crippen LogP contribution is -2.29. The third-order valence-corrected chi connectivity index (χ3v) is 5.12. The molecule has 0 aliphatic rings. The fourth-order valence-electron chi connectivity index (χ4n) is 2.53. The first-order valence-corrected chi connectivity index (χ1v) is 10.5. The van der Waals surface area contributed by atoms with Crippen LogP contribution in [-0.4, -0.2) is 33.4 Å².